The summed E-state index contributed by atoms with van der Waals surface area (Å²) in [4.78, 5) is 6.40. The number of nitrogens with zero attached hydrogens (tertiary/aromatic N) is 1. The number of nitrogens with one attached hydrogen (secondary N) is 1. The normalized spacial score (nSPS) is 16.8. The molecular formula is C14H24N2S. The van der Waals surface area contributed by atoms with Crippen LogP contribution in [0.3, 0.4) is 0 Å². The van der Waals surface area contributed by atoms with E-state index in [0.29, 0.717) is 0 Å². The molecule has 2 nitrogen and oxygen atoms in total. The maximum atomic E-state index is 4.91. The summed E-state index contributed by atoms with van der Waals surface area (Å²) in [7, 11) is 0. The largest absolute Gasteiger partial charge is 0.312 e. The average Bonchev–Trinajstić information content (AvgIpc) is 2.95. The van der Waals surface area contributed by atoms with E-state index in [1.807, 2.05) is 11.3 Å². The van der Waals surface area contributed by atoms with Crippen molar-refractivity contribution in [2.45, 2.75) is 64.8 Å². The number of hydrogen-bond acceptors (Lipinski definition) is 3. The molecule has 0 amide bonds. The molecule has 1 fully saturated rings. The fourth-order valence-corrected chi connectivity index (χ4v) is 3.81. The molecule has 2 rings (SSSR count). The zero-order valence-corrected chi connectivity index (χ0v) is 11.9. The lowest BCUT2D eigenvalue weighted by molar-refractivity contribution is 0.704. The Hall–Kier alpha value is -0.410. The summed E-state index contributed by atoms with van der Waals surface area (Å²) < 4.78 is 0. The molecule has 0 aromatic carbocycles. The van der Waals surface area contributed by atoms with Crippen LogP contribution in [-0.2, 0) is 13.0 Å². The molecule has 0 spiro atoms. The fourth-order valence-electron chi connectivity index (χ4n) is 2.56. The first-order valence-electron chi connectivity index (χ1n) is 7.04. The minimum absolute atomic E-state index is 0.769. The maximum Gasteiger partial charge on any atom is 0.0962 e. The van der Waals surface area contributed by atoms with Crippen LogP contribution in [0.4, 0.5) is 0 Å². The van der Waals surface area contributed by atoms with Crippen LogP contribution < -0.4 is 5.32 Å². The molecular weight excluding hydrogens is 228 g/mol. The van der Waals surface area contributed by atoms with E-state index in [1.165, 1.54) is 47.7 Å². The van der Waals surface area contributed by atoms with Crippen molar-refractivity contribution in [3.05, 3.63) is 15.6 Å². The Kier molecular flexibility index (Phi) is 4.99. The van der Waals surface area contributed by atoms with Crippen LogP contribution >= 0.6 is 11.3 Å². The van der Waals surface area contributed by atoms with Crippen molar-refractivity contribution < 1.29 is 0 Å². The molecule has 1 aliphatic carbocycles. The Morgan fingerprint density at radius 2 is 2.06 bits per heavy atom. The predicted octanol–water partition coefficient (Wildman–Crippen LogP) is 3.86. The highest BCUT2D eigenvalue weighted by molar-refractivity contribution is 7.11. The lowest BCUT2D eigenvalue weighted by atomic mass is 10.1. The van der Waals surface area contributed by atoms with Crippen molar-refractivity contribution in [3.8, 4) is 0 Å². The summed E-state index contributed by atoms with van der Waals surface area (Å²) in [5.41, 5.74) is 1.36. The first kappa shape index (κ1) is 13.0. The van der Waals surface area contributed by atoms with E-state index < -0.39 is 0 Å². The van der Waals surface area contributed by atoms with Crippen LogP contribution in [0.5, 0.6) is 0 Å². The molecule has 1 aromatic rings. The standard InChI is InChI=1S/C14H24N2S/c1-3-7-12-13(10-15-4-2)17-14(16-12)11-8-5-6-9-11/h11,15H,3-10H2,1-2H3. The van der Waals surface area contributed by atoms with Gasteiger partial charge >= 0.3 is 0 Å². The Morgan fingerprint density at radius 1 is 1.29 bits per heavy atom. The Morgan fingerprint density at radius 3 is 2.71 bits per heavy atom. The Labute approximate surface area is 109 Å². The van der Waals surface area contributed by atoms with Crippen LogP contribution in [0.1, 0.15) is 67.4 Å². The molecule has 1 aromatic heterocycles. The molecule has 1 heterocycles. The second kappa shape index (κ2) is 6.50. The third kappa shape index (κ3) is 3.29. The van der Waals surface area contributed by atoms with Gasteiger partial charge in [-0.05, 0) is 25.8 Å². The van der Waals surface area contributed by atoms with Crippen molar-refractivity contribution in [3.63, 3.8) is 0 Å². The molecule has 0 aliphatic heterocycles. The van der Waals surface area contributed by atoms with E-state index in [1.54, 1.807) is 0 Å². The van der Waals surface area contributed by atoms with Gasteiger partial charge in [0.25, 0.3) is 0 Å². The smallest absolute Gasteiger partial charge is 0.0962 e. The summed E-state index contributed by atoms with van der Waals surface area (Å²) in [6.45, 7) is 6.46. The molecule has 1 N–H and O–H groups in total. The Bertz CT molecular complexity index is 340. The van der Waals surface area contributed by atoms with E-state index >= 15 is 0 Å². The van der Waals surface area contributed by atoms with Gasteiger partial charge in [0.1, 0.15) is 0 Å². The number of aryl methyl sites for hydroxylation is 1. The molecule has 1 aliphatic rings. The molecule has 3 heteroatoms. The van der Waals surface area contributed by atoms with Crippen LogP contribution in [0, 0.1) is 0 Å². The summed E-state index contributed by atoms with van der Waals surface area (Å²) >= 11 is 1.96. The quantitative estimate of drug-likeness (QED) is 0.831. The summed E-state index contributed by atoms with van der Waals surface area (Å²) in [6.07, 6.45) is 7.86. The third-order valence-corrected chi connectivity index (χ3v) is 4.78. The van der Waals surface area contributed by atoms with E-state index in [9.17, 15) is 0 Å². The van der Waals surface area contributed by atoms with Crippen molar-refractivity contribution in [1.82, 2.24) is 10.3 Å². The number of hydrogen-bond donors (Lipinski definition) is 1. The van der Waals surface area contributed by atoms with Crippen molar-refractivity contribution >= 4 is 11.3 Å². The van der Waals surface area contributed by atoms with Crippen molar-refractivity contribution in [2.24, 2.45) is 0 Å². The minimum Gasteiger partial charge on any atom is -0.312 e. The van der Waals surface area contributed by atoms with Crippen LogP contribution in [0.2, 0.25) is 0 Å². The summed E-state index contributed by atoms with van der Waals surface area (Å²) in [6, 6.07) is 0. The summed E-state index contributed by atoms with van der Waals surface area (Å²) in [5.74, 6) is 0.769. The fraction of sp³-hybridized carbons (Fsp3) is 0.786. The zero-order valence-electron chi connectivity index (χ0n) is 11.1. The predicted molar refractivity (Wildman–Crippen MR) is 74.7 cm³/mol. The van der Waals surface area contributed by atoms with Crippen molar-refractivity contribution in [1.29, 1.82) is 0 Å². The molecule has 0 saturated heterocycles. The van der Waals surface area contributed by atoms with Gasteiger partial charge in [0.15, 0.2) is 0 Å². The van der Waals surface area contributed by atoms with Crippen LogP contribution in [-0.4, -0.2) is 11.5 Å². The van der Waals surface area contributed by atoms with Gasteiger partial charge in [0, 0.05) is 17.3 Å². The van der Waals surface area contributed by atoms with E-state index in [0.717, 1.165) is 25.4 Å². The minimum atomic E-state index is 0.769. The first-order chi connectivity index (χ1) is 8.35. The molecule has 1 saturated carbocycles. The average molecular weight is 252 g/mol. The number of thiazole rings is 1. The topological polar surface area (TPSA) is 24.9 Å². The van der Waals surface area contributed by atoms with Gasteiger partial charge < -0.3 is 5.32 Å². The van der Waals surface area contributed by atoms with E-state index in [4.69, 9.17) is 4.98 Å². The lowest BCUT2D eigenvalue weighted by Crippen LogP contribution is -2.11. The Balaban J connectivity index is 2.11. The van der Waals surface area contributed by atoms with Crippen LogP contribution in [0.25, 0.3) is 0 Å². The van der Waals surface area contributed by atoms with Gasteiger partial charge in [-0.1, -0.05) is 33.1 Å². The maximum absolute atomic E-state index is 4.91. The summed E-state index contributed by atoms with van der Waals surface area (Å²) in [5, 5.41) is 4.85. The van der Waals surface area contributed by atoms with Gasteiger partial charge in [-0.2, -0.15) is 0 Å². The van der Waals surface area contributed by atoms with Crippen LogP contribution in [0.15, 0.2) is 0 Å². The highest BCUT2D eigenvalue weighted by Crippen LogP contribution is 2.37. The van der Waals surface area contributed by atoms with Gasteiger partial charge in [-0.15, -0.1) is 11.3 Å². The van der Waals surface area contributed by atoms with Gasteiger partial charge in [0.2, 0.25) is 0 Å². The van der Waals surface area contributed by atoms with Gasteiger partial charge in [-0.25, -0.2) is 4.98 Å². The SMILES string of the molecule is CCCc1nc(C2CCCC2)sc1CNCC. The highest BCUT2D eigenvalue weighted by atomic mass is 32.1. The molecule has 17 heavy (non-hydrogen) atoms. The van der Waals surface area contributed by atoms with Crippen molar-refractivity contribution in [2.75, 3.05) is 6.54 Å². The van der Waals surface area contributed by atoms with E-state index in [2.05, 4.69) is 19.2 Å². The second-order valence-electron chi connectivity index (χ2n) is 4.93. The number of rotatable bonds is 6. The monoisotopic (exact) mass is 252 g/mol. The van der Waals surface area contributed by atoms with E-state index in [-0.39, 0.29) is 0 Å². The molecule has 96 valence electrons. The zero-order chi connectivity index (χ0) is 12.1. The number of aromatic nitrogens is 1. The first-order valence-corrected chi connectivity index (χ1v) is 7.86. The van der Waals surface area contributed by atoms with Gasteiger partial charge in [-0.3, -0.25) is 0 Å². The molecule has 0 radical (unpaired) electrons. The lowest BCUT2D eigenvalue weighted by Gasteiger charge is -2.02. The molecule has 0 atom stereocenters. The third-order valence-electron chi connectivity index (χ3n) is 3.52. The molecule has 0 bridgehead atoms. The highest BCUT2D eigenvalue weighted by Gasteiger charge is 2.22. The molecule has 0 unspecified atom stereocenters. The second-order valence-corrected chi connectivity index (χ2v) is 6.05. The van der Waals surface area contributed by atoms with Gasteiger partial charge in [0.05, 0.1) is 10.7 Å².